The number of carboxylic acids is 1. The predicted molar refractivity (Wildman–Crippen MR) is 88.4 cm³/mol. The predicted octanol–water partition coefficient (Wildman–Crippen LogP) is 0.310. The largest absolute Gasteiger partial charge is 0.477 e. The first-order chi connectivity index (χ1) is 11.3. The zero-order valence-corrected chi connectivity index (χ0v) is 13.9. The number of nitrogens with one attached hydrogen (secondary N) is 2. The fraction of sp³-hybridized carbons (Fsp3) is 0.312. The van der Waals surface area contributed by atoms with E-state index in [1.165, 1.54) is 11.8 Å². The standard InChI is InChI=1S/C8H8N2O2.C8H11NO2S/c11-8(12)7-5-2-3-1-4(3)6(5)9-10-7;1-12(10,11)8-4-2-7(6-9)3-5-8/h2,4,6,9-10H,1H2,(H,11,12);2-5H,6,9H2,1H3. The van der Waals surface area contributed by atoms with Gasteiger partial charge >= 0.3 is 5.97 Å². The van der Waals surface area contributed by atoms with Gasteiger partial charge in [0.1, 0.15) is 5.70 Å². The summed E-state index contributed by atoms with van der Waals surface area (Å²) in [6.45, 7) is 0.435. The number of hydrogen-bond acceptors (Lipinski definition) is 6. The number of carboxylic acid groups (broad SMARTS) is 1. The maximum Gasteiger partial charge on any atom is 0.353 e. The number of hydrazine groups is 1. The minimum Gasteiger partial charge on any atom is -0.477 e. The fourth-order valence-corrected chi connectivity index (χ4v) is 3.51. The van der Waals surface area contributed by atoms with Crippen LogP contribution in [0.4, 0.5) is 0 Å². The summed E-state index contributed by atoms with van der Waals surface area (Å²) in [7, 11) is -3.07. The molecule has 1 aromatic rings. The van der Waals surface area contributed by atoms with Crippen LogP contribution >= 0.6 is 0 Å². The average Bonchev–Trinajstić information content (AvgIpc) is 3.01. The molecule has 1 fully saturated rings. The third-order valence-electron chi connectivity index (χ3n) is 4.29. The summed E-state index contributed by atoms with van der Waals surface area (Å²) in [5.41, 5.74) is 14.6. The Hall–Kier alpha value is -2.16. The number of benzene rings is 1. The second-order valence-corrected chi connectivity index (χ2v) is 8.05. The van der Waals surface area contributed by atoms with Crippen molar-refractivity contribution in [1.29, 1.82) is 0 Å². The van der Waals surface area contributed by atoms with Gasteiger partial charge in [0.05, 0.1) is 10.9 Å². The summed E-state index contributed by atoms with van der Waals surface area (Å²) < 4.78 is 22.0. The van der Waals surface area contributed by atoms with Crippen molar-refractivity contribution in [2.24, 2.45) is 11.7 Å². The lowest BCUT2D eigenvalue weighted by molar-refractivity contribution is -0.133. The van der Waals surface area contributed by atoms with Crippen molar-refractivity contribution in [1.82, 2.24) is 10.9 Å². The van der Waals surface area contributed by atoms with E-state index in [9.17, 15) is 13.2 Å². The first kappa shape index (κ1) is 16.7. The summed E-state index contributed by atoms with van der Waals surface area (Å²) in [5, 5.41) is 8.77. The van der Waals surface area contributed by atoms with E-state index in [-0.39, 0.29) is 6.04 Å². The monoisotopic (exact) mass is 349 g/mol. The van der Waals surface area contributed by atoms with Gasteiger partial charge in [-0.05, 0) is 24.1 Å². The Morgan fingerprint density at radius 3 is 2.54 bits per heavy atom. The smallest absolute Gasteiger partial charge is 0.353 e. The van der Waals surface area contributed by atoms with Gasteiger partial charge in [-0.15, -0.1) is 0 Å². The summed E-state index contributed by atoms with van der Waals surface area (Å²) in [6.07, 6.45) is 4.33. The van der Waals surface area contributed by atoms with Crippen LogP contribution in [0, 0.1) is 5.92 Å². The van der Waals surface area contributed by atoms with Crippen LogP contribution < -0.4 is 16.6 Å². The summed E-state index contributed by atoms with van der Waals surface area (Å²) in [6, 6.07) is 6.80. The van der Waals surface area contributed by atoms with Gasteiger partial charge in [0.15, 0.2) is 9.84 Å². The topological polar surface area (TPSA) is 122 Å². The van der Waals surface area contributed by atoms with E-state index in [0.717, 1.165) is 17.6 Å². The lowest BCUT2D eigenvalue weighted by Gasteiger charge is -2.05. The Morgan fingerprint density at radius 1 is 1.33 bits per heavy atom. The maximum absolute atomic E-state index is 11.0. The maximum atomic E-state index is 11.0. The lowest BCUT2D eigenvalue weighted by atomic mass is 10.1. The van der Waals surface area contributed by atoms with Crippen LogP contribution in [-0.4, -0.2) is 31.8 Å². The molecule has 0 saturated heterocycles. The number of aliphatic carboxylic acids is 1. The third-order valence-corrected chi connectivity index (χ3v) is 5.42. The minimum absolute atomic E-state index is 0.228. The highest BCUT2D eigenvalue weighted by Crippen LogP contribution is 2.50. The molecule has 1 saturated carbocycles. The molecule has 7 nitrogen and oxygen atoms in total. The summed E-state index contributed by atoms with van der Waals surface area (Å²) >= 11 is 0. The van der Waals surface area contributed by atoms with Crippen LogP contribution in [-0.2, 0) is 21.2 Å². The molecule has 0 radical (unpaired) electrons. The van der Waals surface area contributed by atoms with Gasteiger partial charge in [0, 0.05) is 24.3 Å². The number of sulfone groups is 1. The van der Waals surface area contributed by atoms with Crippen molar-refractivity contribution in [2.45, 2.75) is 23.9 Å². The zero-order valence-electron chi connectivity index (χ0n) is 13.1. The molecule has 0 amide bonds. The van der Waals surface area contributed by atoms with Crippen molar-refractivity contribution in [3.05, 3.63) is 52.7 Å². The lowest BCUT2D eigenvalue weighted by Crippen LogP contribution is -2.34. The molecule has 1 aliphatic heterocycles. The molecule has 4 rings (SSSR count). The average molecular weight is 349 g/mol. The van der Waals surface area contributed by atoms with Gasteiger partial charge in [0.25, 0.3) is 0 Å². The molecule has 1 heterocycles. The fourth-order valence-electron chi connectivity index (χ4n) is 2.88. The van der Waals surface area contributed by atoms with Crippen LogP contribution in [0.15, 0.2) is 52.1 Å². The van der Waals surface area contributed by atoms with Crippen molar-refractivity contribution in [3.8, 4) is 0 Å². The van der Waals surface area contributed by atoms with E-state index in [4.69, 9.17) is 10.8 Å². The number of hydrogen-bond donors (Lipinski definition) is 4. The molecule has 0 aromatic heterocycles. The first-order valence-corrected chi connectivity index (χ1v) is 9.39. The molecule has 0 bridgehead atoms. The first-order valence-electron chi connectivity index (χ1n) is 7.50. The molecule has 2 aliphatic carbocycles. The van der Waals surface area contributed by atoms with E-state index in [2.05, 4.69) is 10.9 Å². The van der Waals surface area contributed by atoms with Crippen LogP contribution in [0.25, 0.3) is 0 Å². The summed E-state index contributed by atoms with van der Waals surface area (Å²) in [4.78, 5) is 11.0. The van der Waals surface area contributed by atoms with Gasteiger partial charge < -0.3 is 16.3 Å². The normalized spacial score (nSPS) is 23.5. The van der Waals surface area contributed by atoms with E-state index < -0.39 is 15.8 Å². The Labute approximate surface area is 140 Å². The Balaban J connectivity index is 0.000000141. The number of rotatable bonds is 3. The highest BCUT2D eigenvalue weighted by molar-refractivity contribution is 7.90. The molecule has 8 heteroatoms. The molecule has 3 aliphatic rings. The molecule has 2 atom stereocenters. The van der Waals surface area contributed by atoms with E-state index in [1.54, 1.807) is 24.3 Å². The van der Waals surface area contributed by atoms with E-state index in [1.807, 2.05) is 6.08 Å². The van der Waals surface area contributed by atoms with E-state index >= 15 is 0 Å². The van der Waals surface area contributed by atoms with Crippen LogP contribution in [0.5, 0.6) is 0 Å². The van der Waals surface area contributed by atoms with Gasteiger partial charge in [0.2, 0.25) is 0 Å². The minimum atomic E-state index is -3.07. The van der Waals surface area contributed by atoms with Crippen LogP contribution in [0.1, 0.15) is 12.0 Å². The number of carbonyl (C=O) groups is 1. The zero-order chi connectivity index (χ0) is 17.5. The Morgan fingerprint density at radius 2 is 2.00 bits per heavy atom. The number of nitrogens with two attached hydrogens (primary N) is 1. The van der Waals surface area contributed by atoms with Crippen molar-refractivity contribution < 1.29 is 18.3 Å². The molecule has 24 heavy (non-hydrogen) atoms. The molecular formula is C16H19N3O4S. The third kappa shape index (κ3) is 3.21. The van der Waals surface area contributed by atoms with Crippen LogP contribution in [0.3, 0.4) is 0 Å². The molecule has 5 N–H and O–H groups in total. The molecule has 0 spiro atoms. The quantitative estimate of drug-likeness (QED) is 0.619. The molecule has 1 aromatic carbocycles. The SMILES string of the molecule is CS(=O)(=O)c1ccc(CN)cc1.O=C(O)C1=C2C=C3CC3C2NN1. The Bertz CT molecular complexity index is 841. The molecule has 128 valence electrons. The molecular weight excluding hydrogens is 330 g/mol. The van der Waals surface area contributed by atoms with Gasteiger partial charge in [-0.3, -0.25) is 0 Å². The van der Waals surface area contributed by atoms with Crippen LogP contribution in [0.2, 0.25) is 0 Å². The highest BCUT2D eigenvalue weighted by Gasteiger charge is 2.48. The van der Waals surface area contributed by atoms with Gasteiger partial charge in [-0.25, -0.2) is 18.6 Å². The molecule has 2 unspecified atom stereocenters. The van der Waals surface area contributed by atoms with E-state index in [0.29, 0.717) is 23.1 Å². The summed E-state index contributed by atoms with van der Waals surface area (Å²) in [5.74, 6) is -0.303. The van der Waals surface area contributed by atoms with Crippen molar-refractivity contribution in [2.75, 3.05) is 6.26 Å². The second kappa shape index (κ2) is 6.04. The second-order valence-electron chi connectivity index (χ2n) is 6.03. The highest BCUT2D eigenvalue weighted by atomic mass is 32.2. The van der Waals surface area contributed by atoms with Crippen molar-refractivity contribution >= 4 is 15.8 Å². The van der Waals surface area contributed by atoms with Crippen molar-refractivity contribution in [3.63, 3.8) is 0 Å². The van der Waals surface area contributed by atoms with Gasteiger partial charge in [-0.2, -0.15) is 0 Å². The Kier molecular flexibility index (Phi) is 4.20. The van der Waals surface area contributed by atoms with Gasteiger partial charge in [-0.1, -0.05) is 23.8 Å². The number of fused-ring (bicyclic) bond motifs is 3.